The maximum atomic E-state index is 12.7. The number of rotatable bonds is 7. The van der Waals surface area contributed by atoms with Crippen molar-refractivity contribution in [3.05, 3.63) is 90.1 Å². The Bertz CT molecular complexity index is 1440. The first-order chi connectivity index (χ1) is 16.3. The third kappa shape index (κ3) is 4.94. The highest BCUT2D eigenvalue weighted by atomic mass is 32.2. The van der Waals surface area contributed by atoms with E-state index in [1.807, 2.05) is 48.1 Å². The number of benzene rings is 3. The lowest BCUT2D eigenvalue weighted by molar-refractivity contribution is -0.115. The standard InChI is InChI=1S/C27H27N3O3S/c1-4-34(32,33)22-12-9-20(10-13-22)17-27(31)29-21-11-14-24(23-8-6-5-7-19(23)2)25(18-21)26-15-16-28-30(26)3/h5-16,18H,4,17H2,1-3H3,(H,29,31). The van der Waals surface area contributed by atoms with Crippen molar-refractivity contribution in [2.45, 2.75) is 25.2 Å². The van der Waals surface area contributed by atoms with Gasteiger partial charge in [0, 0.05) is 24.5 Å². The maximum absolute atomic E-state index is 12.7. The number of nitrogens with zero attached hydrogens (tertiary/aromatic N) is 2. The summed E-state index contributed by atoms with van der Waals surface area (Å²) < 4.78 is 25.8. The molecule has 0 aliphatic heterocycles. The van der Waals surface area contributed by atoms with Crippen molar-refractivity contribution in [1.82, 2.24) is 9.78 Å². The molecule has 0 aliphatic carbocycles. The zero-order chi connectivity index (χ0) is 24.3. The second kappa shape index (κ2) is 9.65. The van der Waals surface area contributed by atoms with E-state index in [4.69, 9.17) is 0 Å². The number of hydrogen-bond acceptors (Lipinski definition) is 4. The number of nitrogens with one attached hydrogen (secondary N) is 1. The normalized spacial score (nSPS) is 11.4. The van der Waals surface area contributed by atoms with E-state index < -0.39 is 9.84 Å². The lowest BCUT2D eigenvalue weighted by atomic mass is 9.94. The van der Waals surface area contributed by atoms with Crippen molar-refractivity contribution >= 4 is 21.4 Å². The van der Waals surface area contributed by atoms with Crippen molar-refractivity contribution in [2.75, 3.05) is 11.1 Å². The van der Waals surface area contributed by atoms with Gasteiger partial charge in [0.2, 0.25) is 5.91 Å². The Morgan fingerprint density at radius 1 is 0.941 bits per heavy atom. The van der Waals surface area contributed by atoms with Gasteiger partial charge in [-0.05, 0) is 59.5 Å². The zero-order valence-electron chi connectivity index (χ0n) is 19.4. The summed E-state index contributed by atoms with van der Waals surface area (Å²) in [7, 11) is -1.37. The van der Waals surface area contributed by atoms with Gasteiger partial charge in [0.05, 0.1) is 22.8 Å². The highest BCUT2D eigenvalue weighted by Crippen LogP contribution is 2.35. The fourth-order valence-corrected chi connectivity index (χ4v) is 4.84. The highest BCUT2D eigenvalue weighted by Gasteiger charge is 2.15. The Balaban J connectivity index is 1.60. The van der Waals surface area contributed by atoms with E-state index >= 15 is 0 Å². The van der Waals surface area contributed by atoms with E-state index in [0.717, 1.165) is 33.5 Å². The van der Waals surface area contributed by atoms with Gasteiger partial charge in [0.15, 0.2) is 9.84 Å². The highest BCUT2D eigenvalue weighted by molar-refractivity contribution is 7.91. The summed E-state index contributed by atoms with van der Waals surface area (Å²) in [4.78, 5) is 13.0. The molecule has 0 spiro atoms. The second-order valence-electron chi connectivity index (χ2n) is 8.19. The van der Waals surface area contributed by atoms with Crippen LogP contribution in [0.2, 0.25) is 0 Å². The summed E-state index contributed by atoms with van der Waals surface area (Å²) in [6.45, 7) is 3.69. The number of carbonyl (C=O) groups excluding carboxylic acids is 1. The lowest BCUT2D eigenvalue weighted by Gasteiger charge is -2.15. The summed E-state index contributed by atoms with van der Waals surface area (Å²) in [5, 5.41) is 7.29. The van der Waals surface area contributed by atoms with Crippen LogP contribution in [0.1, 0.15) is 18.1 Å². The molecule has 0 bridgehead atoms. The average Bonchev–Trinajstić information content (AvgIpc) is 3.25. The number of aryl methyl sites for hydroxylation is 2. The molecule has 1 aromatic heterocycles. The minimum atomic E-state index is -3.26. The number of aromatic nitrogens is 2. The quantitative estimate of drug-likeness (QED) is 0.408. The van der Waals surface area contributed by atoms with Crippen LogP contribution in [0.4, 0.5) is 5.69 Å². The van der Waals surface area contributed by atoms with E-state index in [2.05, 4.69) is 29.5 Å². The molecule has 0 aliphatic rings. The van der Waals surface area contributed by atoms with Crippen molar-refractivity contribution in [3.8, 4) is 22.4 Å². The van der Waals surface area contributed by atoms with Crippen LogP contribution < -0.4 is 5.32 Å². The van der Waals surface area contributed by atoms with Gasteiger partial charge in [-0.15, -0.1) is 0 Å². The first-order valence-corrected chi connectivity index (χ1v) is 12.7. The Morgan fingerprint density at radius 2 is 1.68 bits per heavy atom. The maximum Gasteiger partial charge on any atom is 0.228 e. The molecule has 7 heteroatoms. The minimum Gasteiger partial charge on any atom is -0.326 e. The molecule has 1 amide bonds. The zero-order valence-corrected chi connectivity index (χ0v) is 20.3. The van der Waals surface area contributed by atoms with E-state index in [1.54, 1.807) is 37.4 Å². The van der Waals surface area contributed by atoms with Crippen molar-refractivity contribution in [2.24, 2.45) is 7.05 Å². The average molecular weight is 474 g/mol. The van der Waals surface area contributed by atoms with Gasteiger partial charge < -0.3 is 5.32 Å². The summed E-state index contributed by atoms with van der Waals surface area (Å²) in [6, 6.07) is 22.5. The summed E-state index contributed by atoms with van der Waals surface area (Å²) in [6.07, 6.45) is 1.90. The van der Waals surface area contributed by atoms with Crippen LogP contribution in [0.25, 0.3) is 22.4 Å². The summed E-state index contributed by atoms with van der Waals surface area (Å²) >= 11 is 0. The van der Waals surface area contributed by atoms with Crippen LogP contribution in [0.3, 0.4) is 0 Å². The van der Waals surface area contributed by atoms with Crippen LogP contribution in [-0.4, -0.2) is 29.9 Å². The molecule has 0 atom stereocenters. The van der Waals surface area contributed by atoms with Crippen LogP contribution in [0.15, 0.2) is 83.9 Å². The predicted octanol–water partition coefficient (Wildman–Crippen LogP) is 5.04. The molecule has 3 aromatic carbocycles. The Hall–Kier alpha value is -3.71. The predicted molar refractivity (Wildman–Crippen MR) is 135 cm³/mol. The SMILES string of the molecule is CCS(=O)(=O)c1ccc(CC(=O)Nc2ccc(-c3ccccc3C)c(-c3ccnn3C)c2)cc1. The smallest absolute Gasteiger partial charge is 0.228 e. The molecule has 174 valence electrons. The molecule has 0 unspecified atom stereocenters. The van der Waals surface area contributed by atoms with Gasteiger partial charge in [-0.2, -0.15) is 5.10 Å². The minimum absolute atomic E-state index is 0.0460. The molecule has 34 heavy (non-hydrogen) atoms. The summed E-state index contributed by atoms with van der Waals surface area (Å²) in [5.41, 5.74) is 6.70. The molecule has 0 radical (unpaired) electrons. The molecule has 1 N–H and O–H groups in total. The second-order valence-corrected chi connectivity index (χ2v) is 10.5. The van der Waals surface area contributed by atoms with E-state index in [1.165, 1.54) is 0 Å². The first-order valence-electron chi connectivity index (χ1n) is 11.1. The molecule has 4 aromatic rings. The Kier molecular flexibility index (Phi) is 6.65. The molecule has 6 nitrogen and oxygen atoms in total. The molecular weight excluding hydrogens is 446 g/mol. The monoisotopic (exact) mass is 473 g/mol. The fraction of sp³-hybridized carbons (Fsp3) is 0.185. The number of anilines is 1. The Morgan fingerprint density at radius 3 is 2.32 bits per heavy atom. The summed E-state index contributed by atoms with van der Waals surface area (Å²) in [5.74, 6) is -0.129. The molecule has 4 rings (SSSR count). The van der Waals surface area contributed by atoms with Crippen molar-refractivity contribution in [1.29, 1.82) is 0 Å². The lowest BCUT2D eigenvalue weighted by Crippen LogP contribution is -2.14. The number of hydrogen-bond donors (Lipinski definition) is 1. The topological polar surface area (TPSA) is 81.1 Å². The van der Waals surface area contributed by atoms with Gasteiger partial charge in [0.25, 0.3) is 0 Å². The molecule has 0 fully saturated rings. The first kappa shape index (κ1) is 23.4. The largest absolute Gasteiger partial charge is 0.326 e. The van der Waals surface area contributed by atoms with E-state index in [9.17, 15) is 13.2 Å². The number of sulfone groups is 1. The van der Waals surface area contributed by atoms with Crippen molar-refractivity contribution < 1.29 is 13.2 Å². The molecule has 0 saturated heterocycles. The van der Waals surface area contributed by atoms with Gasteiger partial charge in [-0.3, -0.25) is 9.48 Å². The van der Waals surface area contributed by atoms with Crippen LogP contribution in [0.5, 0.6) is 0 Å². The third-order valence-electron chi connectivity index (χ3n) is 5.86. The third-order valence-corrected chi connectivity index (χ3v) is 7.61. The van der Waals surface area contributed by atoms with Gasteiger partial charge >= 0.3 is 0 Å². The fourth-order valence-electron chi connectivity index (χ4n) is 3.95. The van der Waals surface area contributed by atoms with Gasteiger partial charge in [-0.1, -0.05) is 49.4 Å². The number of amides is 1. The van der Waals surface area contributed by atoms with Gasteiger partial charge in [-0.25, -0.2) is 8.42 Å². The molecular formula is C27H27N3O3S. The molecule has 0 saturated carbocycles. The Labute approximate surface area is 200 Å². The molecule has 1 heterocycles. The van der Waals surface area contributed by atoms with E-state index in [-0.39, 0.29) is 23.0 Å². The van der Waals surface area contributed by atoms with Crippen LogP contribution in [-0.2, 0) is 28.1 Å². The van der Waals surface area contributed by atoms with Crippen LogP contribution in [0, 0.1) is 6.92 Å². The van der Waals surface area contributed by atoms with Crippen molar-refractivity contribution in [3.63, 3.8) is 0 Å². The van der Waals surface area contributed by atoms with E-state index in [0.29, 0.717) is 5.69 Å². The van der Waals surface area contributed by atoms with Crippen LogP contribution >= 0.6 is 0 Å². The van der Waals surface area contributed by atoms with Gasteiger partial charge in [0.1, 0.15) is 0 Å². The number of carbonyl (C=O) groups is 1.